The Hall–Kier alpha value is -3.23. The Morgan fingerprint density at radius 1 is 0.492 bits per heavy atom. The number of hydrogen-bond acceptors (Lipinski definition) is 7. The lowest BCUT2D eigenvalue weighted by Crippen LogP contribution is -2.55. The Bertz CT molecular complexity index is 1260. The molecule has 0 rings (SSSR count). The van der Waals surface area contributed by atoms with Crippen LogP contribution in [-0.4, -0.2) is 75.5 Å². The van der Waals surface area contributed by atoms with Gasteiger partial charge in [0, 0.05) is 19.3 Å². The van der Waals surface area contributed by atoms with Crippen molar-refractivity contribution in [3.8, 4) is 0 Å². The average Bonchev–Trinajstić information content (AvgIpc) is 3.24. The topological polar surface area (TPSA) is 102 Å². The molecule has 0 aromatic heterocycles. The lowest BCUT2D eigenvalue weighted by Gasteiger charge is -2.34. The third kappa shape index (κ3) is 43.8. The molecule has 0 fully saturated rings. The number of allylic oxidation sites excluding steroid dienone is 12. The molecule has 0 spiro atoms. The van der Waals surface area contributed by atoms with Crippen LogP contribution < -0.4 is 5.11 Å². The zero-order chi connectivity index (χ0) is 46.3. The molecular formula is C55H95NO7. The van der Waals surface area contributed by atoms with Crippen LogP contribution in [0.25, 0.3) is 0 Å². The van der Waals surface area contributed by atoms with E-state index in [9.17, 15) is 19.5 Å². The Morgan fingerprint density at radius 2 is 0.889 bits per heavy atom. The summed E-state index contributed by atoms with van der Waals surface area (Å²) in [7, 11) is 5.40. The predicted octanol–water partition coefficient (Wildman–Crippen LogP) is 13.4. The minimum atomic E-state index is -1.13. The van der Waals surface area contributed by atoms with Crippen LogP contribution in [0.15, 0.2) is 72.9 Å². The number of esters is 2. The Balaban J connectivity index is 4.30. The van der Waals surface area contributed by atoms with Gasteiger partial charge in [0.05, 0.1) is 40.3 Å². The Labute approximate surface area is 387 Å². The van der Waals surface area contributed by atoms with Gasteiger partial charge in [-0.2, -0.15) is 0 Å². The maximum atomic E-state index is 12.8. The van der Waals surface area contributed by atoms with E-state index in [0.29, 0.717) is 12.8 Å². The smallest absolute Gasteiger partial charge is 0.306 e. The molecule has 0 aliphatic heterocycles. The highest BCUT2D eigenvalue weighted by Crippen LogP contribution is 2.15. The molecule has 63 heavy (non-hydrogen) atoms. The number of hydrogen-bond donors (Lipinski definition) is 0. The summed E-state index contributed by atoms with van der Waals surface area (Å²) >= 11 is 0. The second kappa shape index (κ2) is 45.3. The molecular weight excluding hydrogens is 787 g/mol. The summed E-state index contributed by atoms with van der Waals surface area (Å²) in [5.74, 6) is -1.76. The fourth-order valence-electron chi connectivity index (χ4n) is 7.19. The van der Waals surface area contributed by atoms with Gasteiger partial charge in [0.1, 0.15) is 12.6 Å². The molecule has 0 aliphatic carbocycles. The quantitative estimate of drug-likeness (QED) is 0.0260. The number of rotatable bonds is 45. The van der Waals surface area contributed by atoms with Gasteiger partial charge in [-0.05, 0) is 64.2 Å². The number of aliphatic carboxylic acids is 1. The zero-order valence-corrected chi connectivity index (χ0v) is 41.2. The molecule has 2 unspecified atom stereocenters. The molecule has 0 aromatic carbocycles. The molecule has 0 bridgehead atoms. The van der Waals surface area contributed by atoms with Crippen molar-refractivity contribution in [2.75, 3.05) is 41.0 Å². The van der Waals surface area contributed by atoms with E-state index in [1.54, 1.807) is 21.1 Å². The van der Waals surface area contributed by atoms with Gasteiger partial charge < -0.3 is 28.6 Å². The van der Waals surface area contributed by atoms with Crippen molar-refractivity contribution >= 4 is 17.9 Å². The van der Waals surface area contributed by atoms with Crippen LogP contribution in [0.5, 0.6) is 0 Å². The fourth-order valence-corrected chi connectivity index (χ4v) is 7.19. The highest BCUT2D eigenvalue weighted by Gasteiger charge is 2.25. The third-order valence-corrected chi connectivity index (χ3v) is 11.1. The van der Waals surface area contributed by atoms with Crippen LogP contribution >= 0.6 is 0 Å². The number of nitrogens with zero attached hydrogens (tertiary/aromatic N) is 1. The predicted molar refractivity (Wildman–Crippen MR) is 263 cm³/mol. The first kappa shape index (κ1) is 59.8. The van der Waals surface area contributed by atoms with E-state index in [0.717, 1.165) is 89.9 Å². The van der Waals surface area contributed by atoms with Crippen molar-refractivity contribution < 1.29 is 38.2 Å². The molecule has 2 atom stereocenters. The van der Waals surface area contributed by atoms with Gasteiger partial charge in [0.15, 0.2) is 6.10 Å². The first-order valence-corrected chi connectivity index (χ1v) is 25.5. The first-order chi connectivity index (χ1) is 30.6. The molecule has 0 radical (unpaired) electrons. The Morgan fingerprint density at radius 3 is 1.32 bits per heavy atom. The molecule has 0 N–H and O–H groups in total. The van der Waals surface area contributed by atoms with Crippen LogP contribution in [0, 0.1) is 0 Å². The molecule has 0 saturated heterocycles. The number of unbranched alkanes of at least 4 members (excludes halogenated alkanes) is 19. The van der Waals surface area contributed by atoms with Crippen LogP contribution in [-0.2, 0) is 28.6 Å². The average molecular weight is 882 g/mol. The van der Waals surface area contributed by atoms with Gasteiger partial charge in [-0.15, -0.1) is 0 Å². The highest BCUT2D eigenvalue weighted by molar-refractivity contribution is 5.70. The van der Waals surface area contributed by atoms with Gasteiger partial charge in [0.2, 0.25) is 0 Å². The van der Waals surface area contributed by atoms with E-state index < -0.39 is 18.1 Å². The minimum Gasteiger partial charge on any atom is -0.544 e. The van der Waals surface area contributed by atoms with Crippen LogP contribution in [0.3, 0.4) is 0 Å². The van der Waals surface area contributed by atoms with Crippen LogP contribution in [0.2, 0.25) is 0 Å². The molecule has 8 nitrogen and oxygen atoms in total. The minimum absolute atomic E-state index is 0.0312. The van der Waals surface area contributed by atoms with Crippen molar-refractivity contribution in [1.82, 2.24) is 0 Å². The largest absolute Gasteiger partial charge is 0.544 e. The van der Waals surface area contributed by atoms with Gasteiger partial charge in [-0.3, -0.25) is 9.59 Å². The monoisotopic (exact) mass is 882 g/mol. The number of ether oxygens (including phenoxy) is 3. The summed E-state index contributed by atoms with van der Waals surface area (Å²) in [4.78, 5) is 37.0. The number of likely N-dealkylation sites (N-methyl/N-ethyl adjacent to an activating group) is 1. The number of carboxylic acid groups (broad SMARTS) is 1. The van der Waals surface area contributed by atoms with E-state index in [1.165, 1.54) is 83.5 Å². The maximum Gasteiger partial charge on any atom is 0.306 e. The lowest BCUT2D eigenvalue weighted by atomic mass is 10.0. The molecule has 0 amide bonds. The van der Waals surface area contributed by atoms with Crippen molar-refractivity contribution in [2.24, 2.45) is 0 Å². The molecule has 0 saturated carbocycles. The number of carboxylic acids is 1. The van der Waals surface area contributed by atoms with E-state index in [2.05, 4.69) is 86.8 Å². The summed E-state index contributed by atoms with van der Waals surface area (Å²) < 4.78 is 17.2. The summed E-state index contributed by atoms with van der Waals surface area (Å²) in [6, 6.07) is -0.732. The normalized spacial score (nSPS) is 13.5. The van der Waals surface area contributed by atoms with E-state index in [1.807, 2.05) is 0 Å². The molecule has 0 aromatic rings. The van der Waals surface area contributed by atoms with Gasteiger partial charge in [-0.25, -0.2) is 0 Å². The standard InChI is InChI=1S/C55H95NO7/c1-6-8-10-12-14-16-18-20-22-24-25-26-27-28-29-30-32-33-35-37-39-41-43-45-53(57)62-50-51(49-61-48-47-52(55(59)60)56(3,4)5)63-54(58)46-44-42-40-38-36-34-31-23-21-19-17-15-13-11-9-7-2/h8,10,14,16,20,22,25-26,28-29,32-33,51-52H,6-7,9,11-13,15,17-19,21,23-24,27,30-31,34-50H2,1-5H3/b10-8+,16-14+,22-20+,26-25+,29-28+,33-32+. The Kier molecular flexibility index (Phi) is 43.0. The SMILES string of the molecule is CC/C=C/C/C=C/C/C=C/C/C=C/C/C=C/C/C=C/CCCCCCC(=O)OCC(COCCC(C(=O)[O-])[N+](C)(C)C)OC(=O)CCCCCCCCCCCCCCCCCC. The number of carbonyl (C=O) groups excluding carboxylic acids is 3. The van der Waals surface area contributed by atoms with Crippen molar-refractivity contribution in [2.45, 2.75) is 219 Å². The van der Waals surface area contributed by atoms with Gasteiger partial charge in [0.25, 0.3) is 0 Å². The van der Waals surface area contributed by atoms with Crippen LogP contribution in [0.4, 0.5) is 0 Å². The second-order valence-corrected chi connectivity index (χ2v) is 18.0. The number of quaternary nitrogens is 1. The summed E-state index contributed by atoms with van der Waals surface area (Å²) in [5.41, 5.74) is 0. The third-order valence-electron chi connectivity index (χ3n) is 11.1. The van der Waals surface area contributed by atoms with Crippen molar-refractivity contribution in [3.05, 3.63) is 72.9 Å². The molecule has 362 valence electrons. The molecule has 0 heterocycles. The van der Waals surface area contributed by atoms with Gasteiger partial charge >= 0.3 is 11.9 Å². The van der Waals surface area contributed by atoms with Crippen molar-refractivity contribution in [3.63, 3.8) is 0 Å². The molecule has 8 heteroatoms. The zero-order valence-electron chi connectivity index (χ0n) is 41.2. The summed E-state index contributed by atoms with van der Waals surface area (Å²) in [6.07, 6.45) is 57.8. The highest BCUT2D eigenvalue weighted by atomic mass is 16.6. The van der Waals surface area contributed by atoms with Crippen LogP contribution in [0.1, 0.15) is 206 Å². The maximum absolute atomic E-state index is 12.8. The lowest BCUT2D eigenvalue weighted by molar-refractivity contribution is -0.889. The van der Waals surface area contributed by atoms with E-state index >= 15 is 0 Å². The van der Waals surface area contributed by atoms with E-state index in [4.69, 9.17) is 14.2 Å². The van der Waals surface area contributed by atoms with Gasteiger partial charge in [-0.1, -0.05) is 196 Å². The second-order valence-electron chi connectivity index (χ2n) is 18.0. The fraction of sp³-hybridized carbons (Fsp3) is 0.727. The summed E-state index contributed by atoms with van der Waals surface area (Å²) in [6.45, 7) is 4.53. The number of carbonyl (C=O) groups is 3. The first-order valence-electron chi connectivity index (χ1n) is 25.5. The summed E-state index contributed by atoms with van der Waals surface area (Å²) in [5, 5.41) is 11.7. The molecule has 0 aliphatic rings. The van der Waals surface area contributed by atoms with E-state index in [-0.39, 0.29) is 42.7 Å². The van der Waals surface area contributed by atoms with Crippen molar-refractivity contribution in [1.29, 1.82) is 0 Å².